The van der Waals surface area contributed by atoms with E-state index < -0.39 is 6.10 Å². The van der Waals surface area contributed by atoms with E-state index in [4.69, 9.17) is 4.74 Å². The van der Waals surface area contributed by atoms with E-state index in [0.29, 0.717) is 12.2 Å². The van der Waals surface area contributed by atoms with E-state index in [1.165, 1.54) is 0 Å². The van der Waals surface area contributed by atoms with E-state index in [0.717, 1.165) is 26.4 Å². The van der Waals surface area contributed by atoms with Crippen molar-refractivity contribution < 1.29 is 9.53 Å². The Morgan fingerprint density at radius 2 is 1.55 bits per heavy atom. The number of hydrogen-bond acceptors (Lipinski definition) is 2. The van der Waals surface area contributed by atoms with Gasteiger partial charge in [0.15, 0.2) is 6.10 Å². The third-order valence-electron chi connectivity index (χ3n) is 5.30. The maximum absolute atomic E-state index is 13.3. The van der Waals surface area contributed by atoms with Crippen LogP contribution in [0.2, 0.25) is 0 Å². The summed E-state index contributed by atoms with van der Waals surface area (Å²) in [6, 6.07) is 31.7. The molecule has 0 aliphatic carbocycles. The minimum absolute atomic E-state index is 0.139. The Morgan fingerprint density at radius 1 is 0.871 bits per heavy atom. The van der Waals surface area contributed by atoms with Gasteiger partial charge in [-0.25, -0.2) is 0 Å². The predicted molar refractivity (Wildman–Crippen MR) is 129 cm³/mol. The van der Waals surface area contributed by atoms with Crippen molar-refractivity contribution >= 4 is 32.6 Å². The normalized spacial score (nSPS) is 12.8. The molecule has 156 valence electrons. The third kappa shape index (κ3) is 4.97. The lowest BCUT2D eigenvalue weighted by atomic mass is 9.98. The highest BCUT2D eigenvalue weighted by Crippen LogP contribution is 2.29. The van der Waals surface area contributed by atoms with Crippen molar-refractivity contribution in [3.8, 4) is 5.75 Å². The molecule has 0 radical (unpaired) electrons. The summed E-state index contributed by atoms with van der Waals surface area (Å²) in [6.07, 6.45) is -0.0225. The molecule has 0 saturated carbocycles. The maximum atomic E-state index is 13.3. The zero-order valence-corrected chi connectivity index (χ0v) is 18.9. The van der Waals surface area contributed by atoms with Gasteiger partial charge in [0.25, 0.3) is 5.91 Å². The summed E-state index contributed by atoms with van der Waals surface area (Å²) < 4.78 is 7.06. The van der Waals surface area contributed by atoms with E-state index >= 15 is 0 Å². The lowest BCUT2D eigenvalue weighted by molar-refractivity contribution is -0.128. The Balaban J connectivity index is 1.58. The van der Waals surface area contributed by atoms with Gasteiger partial charge in [0, 0.05) is 4.47 Å². The van der Waals surface area contributed by atoms with Crippen LogP contribution in [0.5, 0.6) is 5.75 Å². The Kier molecular flexibility index (Phi) is 6.68. The molecule has 0 aliphatic rings. The third-order valence-corrected chi connectivity index (χ3v) is 6.02. The lowest BCUT2D eigenvalue weighted by Gasteiger charge is -2.24. The number of benzene rings is 4. The zero-order valence-electron chi connectivity index (χ0n) is 17.3. The van der Waals surface area contributed by atoms with Gasteiger partial charge in [-0.05, 0) is 46.5 Å². The second kappa shape index (κ2) is 9.80. The van der Waals surface area contributed by atoms with Gasteiger partial charge >= 0.3 is 0 Å². The van der Waals surface area contributed by atoms with Crippen molar-refractivity contribution in [3.05, 3.63) is 113 Å². The molecule has 0 heterocycles. The van der Waals surface area contributed by atoms with Crippen LogP contribution < -0.4 is 10.1 Å². The van der Waals surface area contributed by atoms with Gasteiger partial charge in [-0.2, -0.15) is 0 Å². The van der Waals surface area contributed by atoms with Gasteiger partial charge in [-0.1, -0.05) is 102 Å². The number of hydrogen-bond donors (Lipinski definition) is 1. The minimum atomic E-state index is -0.588. The van der Waals surface area contributed by atoms with Gasteiger partial charge in [0.1, 0.15) is 5.75 Å². The Bertz CT molecular complexity index is 1180. The Labute approximate surface area is 191 Å². The molecule has 4 rings (SSSR count). The van der Waals surface area contributed by atoms with Crippen LogP contribution >= 0.6 is 15.9 Å². The van der Waals surface area contributed by atoms with Crippen LogP contribution in [-0.2, 0) is 4.79 Å². The van der Waals surface area contributed by atoms with Crippen molar-refractivity contribution in [1.29, 1.82) is 0 Å². The lowest BCUT2D eigenvalue weighted by Crippen LogP contribution is -2.40. The summed E-state index contributed by atoms with van der Waals surface area (Å²) in [5.41, 5.74) is 2.02. The smallest absolute Gasteiger partial charge is 0.261 e. The molecule has 1 N–H and O–H groups in total. The first-order valence-electron chi connectivity index (χ1n) is 10.4. The van der Waals surface area contributed by atoms with Gasteiger partial charge < -0.3 is 10.1 Å². The summed E-state index contributed by atoms with van der Waals surface area (Å²) in [4.78, 5) is 13.3. The number of nitrogens with one attached hydrogen (secondary N) is 1. The molecule has 4 aromatic rings. The Hall–Kier alpha value is -3.11. The molecule has 2 atom stereocenters. The first-order valence-corrected chi connectivity index (χ1v) is 11.2. The monoisotopic (exact) mass is 473 g/mol. The van der Waals surface area contributed by atoms with Gasteiger partial charge in [-0.3, -0.25) is 4.79 Å². The molecule has 0 saturated heterocycles. The van der Waals surface area contributed by atoms with E-state index in [2.05, 4.69) is 27.3 Å². The largest absolute Gasteiger partial charge is 0.481 e. The summed E-state index contributed by atoms with van der Waals surface area (Å²) in [7, 11) is 0. The molecule has 4 aromatic carbocycles. The first kappa shape index (κ1) is 21.1. The second-order valence-electron chi connectivity index (χ2n) is 7.40. The maximum Gasteiger partial charge on any atom is 0.261 e. The topological polar surface area (TPSA) is 38.3 Å². The molecule has 0 aromatic heterocycles. The minimum Gasteiger partial charge on any atom is -0.481 e. The van der Waals surface area contributed by atoms with Crippen LogP contribution in [0.25, 0.3) is 10.8 Å². The average molecular weight is 474 g/mol. The Morgan fingerprint density at radius 3 is 2.29 bits per heavy atom. The molecule has 0 unspecified atom stereocenters. The average Bonchev–Trinajstić information content (AvgIpc) is 2.82. The summed E-state index contributed by atoms with van der Waals surface area (Å²) in [6.45, 7) is 1.96. The number of halogens is 1. The molecule has 31 heavy (non-hydrogen) atoms. The SMILES string of the molecule is CC[C@H](Oc1ccc2ccccc2c1)C(=O)N[C@H](c1ccccc1)c1ccccc1Br. The van der Waals surface area contributed by atoms with Gasteiger partial charge in [0.2, 0.25) is 0 Å². The number of carbonyl (C=O) groups excluding carboxylic acids is 1. The van der Waals surface area contributed by atoms with Gasteiger partial charge in [0.05, 0.1) is 6.04 Å². The van der Waals surface area contributed by atoms with Crippen molar-refractivity contribution in [1.82, 2.24) is 5.32 Å². The van der Waals surface area contributed by atoms with Crippen LogP contribution in [0.4, 0.5) is 0 Å². The summed E-state index contributed by atoms with van der Waals surface area (Å²) >= 11 is 3.63. The van der Waals surface area contributed by atoms with Crippen molar-refractivity contribution in [3.63, 3.8) is 0 Å². The van der Waals surface area contributed by atoms with Crippen LogP contribution in [-0.4, -0.2) is 12.0 Å². The molecule has 3 nitrogen and oxygen atoms in total. The molecular weight excluding hydrogens is 450 g/mol. The number of fused-ring (bicyclic) bond motifs is 1. The number of carbonyl (C=O) groups is 1. The fourth-order valence-electron chi connectivity index (χ4n) is 3.66. The molecule has 0 fully saturated rings. The highest BCUT2D eigenvalue weighted by molar-refractivity contribution is 9.10. The quantitative estimate of drug-likeness (QED) is 0.325. The van der Waals surface area contributed by atoms with Crippen LogP contribution in [0, 0.1) is 0 Å². The molecule has 0 aliphatic heterocycles. The van der Waals surface area contributed by atoms with E-state index in [9.17, 15) is 4.79 Å². The van der Waals surface area contributed by atoms with Crippen LogP contribution in [0.1, 0.15) is 30.5 Å². The summed E-state index contributed by atoms with van der Waals surface area (Å²) in [5.74, 6) is 0.554. The van der Waals surface area contributed by atoms with E-state index in [1.54, 1.807) is 0 Å². The van der Waals surface area contributed by atoms with Crippen molar-refractivity contribution in [2.75, 3.05) is 0 Å². The van der Waals surface area contributed by atoms with Crippen molar-refractivity contribution in [2.24, 2.45) is 0 Å². The number of amides is 1. The zero-order chi connectivity index (χ0) is 21.6. The first-order chi connectivity index (χ1) is 15.2. The highest BCUT2D eigenvalue weighted by atomic mass is 79.9. The fraction of sp³-hybridized carbons (Fsp3) is 0.148. The van der Waals surface area contributed by atoms with E-state index in [1.807, 2.05) is 97.9 Å². The van der Waals surface area contributed by atoms with Gasteiger partial charge in [-0.15, -0.1) is 0 Å². The van der Waals surface area contributed by atoms with E-state index in [-0.39, 0.29) is 11.9 Å². The molecular formula is C27H24BrNO2. The standard InChI is InChI=1S/C27H24BrNO2/c1-2-25(31-22-17-16-19-10-6-7-13-21(19)18-22)27(30)29-26(20-11-4-3-5-12-20)23-14-8-9-15-24(23)28/h3-18,25-26H,2H2,1H3,(H,29,30)/t25-,26+/m0/s1. The van der Waals surface area contributed by atoms with Crippen molar-refractivity contribution in [2.45, 2.75) is 25.5 Å². The second-order valence-corrected chi connectivity index (χ2v) is 8.25. The molecule has 1 amide bonds. The fourth-order valence-corrected chi connectivity index (χ4v) is 4.17. The van der Waals surface area contributed by atoms with Crippen LogP contribution in [0.3, 0.4) is 0 Å². The highest BCUT2D eigenvalue weighted by Gasteiger charge is 2.25. The summed E-state index contributed by atoms with van der Waals surface area (Å²) in [5, 5.41) is 5.44. The molecule has 0 spiro atoms. The molecule has 0 bridgehead atoms. The number of ether oxygens (including phenoxy) is 1. The predicted octanol–water partition coefficient (Wildman–Crippen LogP) is 6.67. The molecule has 4 heteroatoms. The number of rotatable bonds is 7. The van der Waals surface area contributed by atoms with Crippen LogP contribution in [0.15, 0.2) is 102 Å².